The fourth-order valence-corrected chi connectivity index (χ4v) is 3.99. The minimum atomic E-state index is -2.84. The zero-order chi connectivity index (χ0) is 14.0. The number of sulfone groups is 1. The maximum atomic E-state index is 11.4. The molecule has 0 amide bonds. The molecule has 0 aromatic heterocycles. The third-order valence-electron chi connectivity index (χ3n) is 3.72. The second-order valence-electron chi connectivity index (χ2n) is 5.83. The van der Waals surface area contributed by atoms with E-state index < -0.39 is 21.2 Å². The molecule has 1 heterocycles. The molecule has 1 aliphatic heterocycles. The number of nitrogens with zero attached hydrogens (tertiary/aromatic N) is 1. The van der Waals surface area contributed by atoms with Gasteiger partial charge >= 0.3 is 5.97 Å². The number of carbonyl (C=O) groups is 1. The highest BCUT2D eigenvalue weighted by Crippen LogP contribution is 2.23. The first kappa shape index (κ1) is 15.4. The topological polar surface area (TPSA) is 74.7 Å². The number of carboxylic acids is 1. The van der Waals surface area contributed by atoms with Gasteiger partial charge in [0.15, 0.2) is 9.84 Å². The Kier molecular flexibility index (Phi) is 4.78. The Morgan fingerprint density at radius 1 is 1.44 bits per heavy atom. The summed E-state index contributed by atoms with van der Waals surface area (Å²) in [6, 6.07) is 0.0999. The van der Waals surface area contributed by atoms with Crippen molar-refractivity contribution in [1.82, 2.24) is 4.90 Å². The van der Waals surface area contributed by atoms with Crippen molar-refractivity contribution in [1.29, 1.82) is 0 Å². The van der Waals surface area contributed by atoms with Crippen LogP contribution in [0.25, 0.3) is 0 Å². The van der Waals surface area contributed by atoms with Crippen LogP contribution in [0, 0.1) is 5.41 Å². The van der Waals surface area contributed by atoms with Crippen molar-refractivity contribution in [2.75, 3.05) is 25.1 Å². The number of rotatable bonds is 6. The Labute approximate surface area is 109 Å². The van der Waals surface area contributed by atoms with Gasteiger partial charge in [-0.1, -0.05) is 0 Å². The third kappa shape index (κ3) is 4.24. The summed E-state index contributed by atoms with van der Waals surface area (Å²) in [6.45, 7) is 4.18. The smallest absolute Gasteiger partial charge is 0.309 e. The molecule has 0 spiro atoms. The SMILES string of the molecule is CN(CCCC(C)(C)C(=O)O)C1CCS(=O)(=O)C1. The van der Waals surface area contributed by atoms with E-state index in [1.165, 1.54) is 0 Å². The van der Waals surface area contributed by atoms with E-state index in [4.69, 9.17) is 5.11 Å². The molecule has 0 saturated carbocycles. The van der Waals surface area contributed by atoms with Crippen molar-refractivity contribution in [3.05, 3.63) is 0 Å². The summed E-state index contributed by atoms with van der Waals surface area (Å²) in [7, 11) is -0.927. The summed E-state index contributed by atoms with van der Waals surface area (Å²) in [6.07, 6.45) is 2.07. The first-order valence-corrected chi connectivity index (χ1v) is 8.10. The van der Waals surface area contributed by atoms with Crippen LogP contribution in [0.15, 0.2) is 0 Å². The highest BCUT2D eigenvalue weighted by molar-refractivity contribution is 7.91. The van der Waals surface area contributed by atoms with E-state index in [-0.39, 0.29) is 17.5 Å². The zero-order valence-corrected chi connectivity index (χ0v) is 12.2. The van der Waals surface area contributed by atoms with Crippen molar-refractivity contribution < 1.29 is 18.3 Å². The molecule has 0 aromatic carbocycles. The van der Waals surface area contributed by atoms with Crippen molar-refractivity contribution in [2.24, 2.45) is 5.41 Å². The van der Waals surface area contributed by atoms with E-state index in [0.29, 0.717) is 12.8 Å². The highest BCUT2D eigenvalue weighted by Gasteiger charge is 2.31. The molecule has 0 aromatic rings. The van der Waals surface area contributed by atoms with Crippen molar-refractivity contribution in [3.63, 3.8) is 0 Å². The first-order chi connectivity index (χ1) is 8.14. The lowest BCUT2D eigenvalue weighted by Crippen LogP contribution is -2.34. The average molecular weight is 277 g/mol. The number of aliphatic carboxylic acids is 1. The van der Waals surface area contributed by atoms with Crippen LogP contribution in [0.2, 0.25) is 0 Å². The molecule has 1 atom stereocenters. The van der Waals surface area contributed by atoms with Gasteiger partial charge in [-0.25, -0.2) is 8.42 Å². The summed E-state index contributed by atoms with van der Waals surface area (Å²) in [5, 5.41) is 8.99. The van der Waals surface area contributed by atoms with E-state index in [0.717, 1.165) is 13.0 Å². The van der Waals surface area contributed by atoms with Crippen molar-refractivity contribution in [2.45, 2.75) is 39.2 Å². The second kappa shape index (κ2) is 5.57. The van der Waals surface area contributed by atoms with Gasteiger partial charge in [0.25, 0.3) is 0 Å². The summed E-state index contributed by atoms with van der Waals surface area (Å²) in [5.74, 6) is -0.261. The maximum Gasteiger partial charge on any atom is 0.309 e. The van der Waals surface area contributed by atoms with Crippen LogP contribution in [-0.2, 0) is 14.6 Å². The number of hydrogen-bond donors (Lipinski definition) is 1. The molecular formula is C12H23NO4S. The molecule has 1 fully saturated rings. The molecule has 1 saturated heterocycles. The van der Waals surface area contributed by atoms with Gasteiger partial charge in [0.05, 0.1) is 16.9 Å². The monoisotopic (exact) mass is 277 g/mol. The lowest BCUT2D eigenvalue weighted by Gasteiger charge is -2.25. The standard InChI is InChI=1S/C12H23NO4S/c1-12(2,11(14)15)6-4-7-13(3)10-5-8-18(16,17)9-10/h10H,4-9H2,1-3H3,(H,14,15). The van der Waals surface area contributed by atoms with Gasteiger partial charge in [0, 0.05) is 6.04 Å². The molecule has 18 heavy (non-hydrogen) atoms. The average Bonchev–Trinajstić information content (AvgIpc) is 2.58. The molecule has 1 rings (SSSR count). The van der Waals surface area contributed by atoms with Gasteiger partial charge in [-0.3, -0.25) is 4.79 Å². The molecule has 5 nitrogen and oxygen atoms in total. The Morgan fingerprint density at radius 3 is 2.50 bits per heavy atom. The van der Waals surface area contributed by atoms with Gasteiger partial charge in [-0.05, 0) is 46.7 Å². The fraction of sp³-hybridized carbons (Fsp3) is 0.917. The molecular weight excluding hydrogens is 254 g/mol. The van der Waals surface area contributed by atoms with E-state index in [2.05, 4.69) is 0 Å². The molecule has 106 valence electrons. The first-order valence-electron chi connectivity index (χ1n) is 6.28. The zero-order valence-electron chi connectivity index (χ0n) is 11.3. The normalized spacial score (nSPS) is 23.4. The van der Waals surface area contributed by atoms with Gasteiger partial charge in [0.2, 0.25) is 0 Å². The molecule has 0 aliphatic carbocycles. The molecule has 6 heteroatoms. The van der Waals surface area contributed by atoms with Crippen LogP contribution >= 0.6 is 0 Å². The van der Waals surface area contributed by atoms with Gasteiger partial charge in [-0.2, -0.15) is 0 Å². The predicted octanol–water partition coefficient (Wildman–Crippen LogP) is 0.996. The Bertz CT molecular complexity index is 402. The fourth-order valence-electron chi connectivity index (χ4n) is 2.18. The molecule has 1 aliphatic rings. The second-order valence-corrected chi connectivity index (χ2v) is 8.06. The third-order valence-corrected chi connectivity index (χ3v) is 5.47. The number of carboxylic acid groups (broad SMARTS) is 1. The Balaban J connectivity index is 2.35. The summed E-state index contributed by atoms with van der Waals surface area (Å²) >= 11 is 0. The van der Waals surface area contributed by atoms with E-state index in [1.54, 1.807) is 13.8 Å². The lowest BCUT2D eigenvalue weighted by atomic mass is 9.88. The Morgan fingerprint density at radius 2 is 2.06 bits per heavy atom. The molecule has 1 N–H and O–H groups in total. The van der Waals surface area contributed by atoms with E-state index in [1.807, 2.05) is 11.9 Å². The van der Waals surface area contributed by atoms with E-state index in [9.17, 15) is 13.2 Å². The Hall–Kier alpha value is -0.620. The predicted molar refractivity (Wildman–Crippen MR) is 70.3 cm³/mol. The van der Waals surface area contributed by atoms with Crippen LogP contribution in [0.5, 0.6) is 0 Å². The van der Waals surface area contributed by atoms with E-state index >= 15 is 0 Å². The van der Waals surface area contributed by atoms with Crippen molar-refractivity contribution in [3.8, 4) is 0 Å². The van der Waals surface area contributed by atoms with Crippen LogP contribution in [0.1, 0.15) is 33.1 Å². The minimum absolute atomic E-state index is 0.0999. The molecule has 0 radical (unpaired) electrons. The maximum absolute atomic E-state index is 11.4. The van der Waals surface area contributed by atoms with Crippen LogP contribution < -0.4 is 0 Å². The number of hydrogen-bond acceptors (Lipinski definition) is 4. The highest BCUT2D eigenvalue weighted by atomic mass is 32.2. The summed E-state index contributed by atoms with van der Waals surface area (Å²) in [4.78, 5) is 13.0. The summed E-state index contributed by atoms with van der Waals surface area (Å²) in [5.41, 5.74) is -0.706. The van der Waals surface area contributed by atoms with Gasteiger partial charge in [0.1, 0.15) is 0 Å². The van der Waals surface area contributed by atoms with Crippen LogP contribution in [-0.4, -0.2) is 55.5 Å². The largest absolute Gasteiger partial charge is 0.481 e. The lowest BCUT2D eigenvalue weighted by molar-refractivity contribution is -0.147. The molecule has 0 bridgehead atoms. The molecule has 1 unspecified atom stereocenters. The van der Waals surface area contributed by atoms with Gasteiger partial charge < -0.3 is 10.0 Å². The quantitative estimate of drug-likeness (QED) is 0.784. The van der Waals surface area contributed by atoms with Crippen LogP contribution in [0.3, 0.4) is 0 Å². The summed E-state index contributed by atoms with van der Waals surface area (Å²) < 4.78 is 22.7. The van der Waals surface area contributed by atoms with Crippen LogP contribution in [0.4, 0.5) is 0 Å². The van der Waals surface area contributed by atoms with Crippen molar-refractivity contribution >= 4 is 15.8 Å². The van der Waals surface area contributed by atoms with Gasteiger partial charge in [-0.15, -0.1) is 0 Å². The minimum Gasteiger partial charge on any atom is -0.481 e.